The van der Waals surface area contributed by atoms with E-state index in [1.807, 2.05) is 0 Å². The third-order valence-corrected chi connectivity index (χ3v) is 2.53. The number of hydrogen-bond donors (Lipinski definition) is 2. The number of aryl methyl sites for hydroxylation is 1. The van der Waals surface area contributed by atoms with Gasteiger partial charge in [0.2, 0.25) is 0 Å². The Morgan fingerprint density at radius 3 is 2.83 bits per heavy atom. The van der Waals surface area contributed by atoms with E-state index in [4.69, 9.17) is 9.52 Å². The number of rotatable bonds is 4. The predicted octanol–water partition coefficient (Wildman–Crippen LogP) is 3.04. The maximum Gasteiger partial charge on any atom is 0.338 e. The quantitative estimate of drug-likeness (QED) is 0.874. The number of hydrogen-bond acceptors (Lipinski definition) is 3. The van der Waals surface area contributed by atoms with Gasteiger partial charge in [0, 0.05) is 5.69 Å². The van der Waals surface area contributed by atoms with Crippen LogP contribution in [0.3, 0.4) is 0 Å². The Labute approximate surface area is 103 Å². The van der Waals surface area contributed by atoms with Crippen molar-refractivity contribution in [2.75, 3.05) is 5.32 Å². The fourth-order valence-electron chi connectivity index (χ4n) is 1.53. The number of nitrogens with one attached hydrogen (secondary N) is 1. The van der Waals surface area contributed by atoms with E-state index in [-0.39, 0.29) is 11.4 Å². The summed E-state index contributed by atoms with van der Waals surface area (Å²) in [5.41, 5.74) is 1.41. The third kappa shape index (κ3) is 2.68. The summed E-state index contributed by atoms with van der Waals surface area (Å²) in [6, 6.07) is 6.12. The minimum absolute atomic E-state index is 0.113. The van der Waals surface area contributed by atoms with Crippen molar-refractivity contribution in [1.29, 1.82) is 0 Å². The third-order valence-electron chi connectivity index (χ3n) is 2.53. The first kappa shape index (κ1) is 12.2. The van der Waals surface area contributed by atoms with Crippen molar-refractivity contribution in [1.82, 2.24) is 0 Å². The number of halogens is 1. The molecule has 2 rings (SSSR count). The molecule has 18 heavy (non-hydrogen) atoms. The molecule has 0 aliphatic carbocycles. The van der Waals surface area contributed by atoms with E-state index in [1.165, 1.54) is 18.4 Å². The van der Waals surface area contributed by atoms with E-state index in [0.29, 0.717) is 17.9 Å². The van der Waals surface area contributed by atoms with Crippen molar-refractivity contribution >= 4 is 11.7 Å². The zero-order valence-corrected chi connectivity index (χ0v) is 9.74. The smallest absolute Gasteiger partial charge is 0.338 e. The molecule has 0 radical (unpaired) electrons. The molecular weight excluding hydrogens is 237 g/mol. The summed E-state index contributed by atoms with van der Waals surface area (Å²) in [6.45, 7) is 2.02. The van der Waals surface area contributed by atoms with Crippen LogP contribution in [0, 0.1) is 12.7 Å². The Morgan fingerprint density at radius 2 is 2.22 bits per heavy atom. The average Bonchev–Trinajstić information content (AvgIpc) is 2.79. The van der Waals surface area contributed by atoms with E-state index < -0.39 is 5.97 Å². The normalized spacial score (nSPS) is 10.3. The molecule has 2 aromatic rings. The van der Waals surface area contributed by atoms with Gasteiger partial charge in [-0.1, -0.05) is 0 Å². The minimum atomic E-state index is -1.03. The molecule has 0 amide bonds. The lowest BCUT2D eigenvalue weighted by Gasteiger charge is -2.05. The predicted molar refractivity (Wildman–Crippen MR) is 64.1 cm³/mol. The minimum Gasteiger partial charge on any atom is -0.478 e. The number of carboxylic acids is 1. The Kier molecular flexibility index (Phi) is 3.32. The highest BCUT2D eigenvalue weighted by Gasteiger charge is 2.08. The molecule has 1 aromatic heterocycles. The van der Waals surface area contributed by atoms with Crippen LogP contribution in [0.5, 0.6) is 0 Å². The van der Waals surface area contributed by atoms with Gasteiger partial charge in [0.15, 0.2) is 0 Å². The van der Waals surface area contributed by atoms with Crippen molar-refractivity contribution in [3.8, 4) is 0 Å². The maximum absolute atomic E-state index is 13.0. The zero-order valence-electron chi connectivity index (χ0n) is 9.74. The highest BCUT2D eigenvalue weighted by molar-refractivity contribution is 5.87. The van der Waals surface area contributed by atoms with E-state index >= 15 is 0 Å². The molecule has 5 heteroatoms. The molecular formula is C13H12FNO3. The van der Waals surface area contributed by atoms with Crippen LogP contribution in [-0.4, -0.2) is 11.1 Å². The van der Waals surface area contributed by atoms with Crippen molar-refractivity contribution < 1.29 is 18.7 Å². The summed E-state index contributed by atoms with van der Waals surface area (Å²) < 4.78 is 18.1. The van der Waals surface area contributed by atoms with Crippen molar-refractivity contribution in [3.05, 3.63) is 53.2 Å². The van der Waals surface area contributed by atoms with Gasteiger partial charge >= 0.3 is 5.97 Å². The van der Waals surface area contributed by atoms with E-state index in [9.17, 15) is 9.18 Å². The van der Waals surface area contributed by atoms with Crippen molar-refractivity contribution in [2.24, 2.45) is 0 Å². The molecule has 0 fully saturated rings. The highest BCUT2D eigenvalue weighted by Crippen LogP contribution is 2.15. The molecule has 0 saturated heterocycles. The van der Waals surface area contributed by atoms with Crippen LogP contribution >= 0.6 is 0 Å². The molecule has 1 aromatic carbocycles. The monoisotopic (exact) mass is 249 g/mol. The summed E-state index contributed by atoms with van der Waals surface area (Å²) in [6.07, 6.45) is 1.19. The number of carboxylic acid groups (broad SMARTS) is 1. The maximum atomic E-state index is 13.0. The van der Waals surface area contributed by atoms with Crippen LogP contribution in [0.4, 0.5) is 10.1 Å². The molecule has 0 saturated carbocycles. The topological polar surface area (TPSA) is 62.5 Å². The van der Waals surface area contributed by atoms with Gasteiger partial charge in [-0.15, -0.1) is 0 Å². The van der Waals surface area contributed by atoms with Gasteiger partial charge in [-0.2, -0.15) is 0 Å². The van der Waals surface area contributed by atoms with Crippen molar-refractivity contribution in [2.45, 2.75) is 13.5 Å². The fraction of sp³-hybridized carbons (Fsp3) is 0.154. The van der Waals surface area contributed by atoms with Gasteiger partial charge < -0.3 is 14.8 Å². The molecule has 0 bridgehead atoms. The second-order valence-electron chi connectivity index (χ2n) is 3.92. The molecule has 0 unspecified atom stereocenters. The summed E-state index contributed by atoms with van der Waals surface area (Å²) in [5.74, 6) is -0.774. The van der Waals surface area contributed by atoms with E-state index in [0.717, 1.165) is 5.69 Å². The molecule has 4 nitrogen and oxygen atoms in total. The van der Waals surface area contributed by atoms with Crippen LogP contribution in [-0.2, 0) is 6.54 Å². The average molecular weight is 249 g/mol. The van der Waals surface area contributed by atoms with Crippen molar-refractivity contribution in [3.63, 3.8) is 0 Å². The number of aromatic carboxylic acids is 1. The van der Waals surface area contributed by atoms with Gasteiger partial charge in [0.1, 0.15) is 17.8 Å². The van der Waals surface area contributed by atoms with Gasteiger partial charge in [-0.25, -0.2) is 9.18 Å². The largest absolute Gasteiger partial charge is 0.478 e. The van der Waals surface area contributed by atoms with E-state index in [1.54, 1.807) is 19.1 Å². The number of anilines is 1. The lowest BCUT2D eigenvalue weighted by molar-refractivity contribution is 0.0696. The van der Waals surface area contributed by atoms with Gasteiger partial charge in [-0.3, -0.25) is 0 Å². The molecule has 0 aliphatic heterocycles. The highest BCUT2D eigenvalue weighted by atomic mass is 19.1. The molecule has 0 aliphatic rings. The van der Waals surface area contributed by atoms with Gasteiger partial charge in [-0.05, 0) is 36.8 Å². The summed E-state index contributed by atoms with van der Waals surface area (Å²) in [4.78, 5) is 10.6. The summed E-state index contributed by atoms with van der Waals surface area (Å²) in [7, 11) is 0. The molecule has 0 atom stereocenters. The second kappa shape index (κ2) is 4.91. The zero-order chi connectivity index (χ0) is 13.1. The lowest BCUT2D eigenvalue weighted by Crippen LogP contribution is -1.99. The molecule has 2 N–H and O–H groups in total. The first-order valence-corrected chi connectivity index (χ1v) is 5.37. The van der Waals surface area contributed by atoms with E-state index in [2.05, 4.69) is 5.32 Å². The molecule has 1 heterocycles. The summed E-state index contributed by atoms with van der Waals surface area (Å²) in [5, 5.41) is 11.8. The Balaban J connectivity index is 2.02. The Morgan fingerprint density at radius 1 is 1.44 bits per heavy atom. The molecule has 94 valence electrons. The first-order valence-electron chi connectivity index (χ1n) is 5.37. The SMILES string of the molecule is Cc1cc(NCc2cc(C(=O)O)co2)ccc1F. The van der Waals surface area contributed by atoms with Crippen LogP contribution in [0.15, 0.2) is 34.9 Å². The molecule has 0 spiro atoms. The van der Waals surface area contributed by atoms with Crippen LogP contribution in [0.25, 0.3) is 0 Å². The Hall–Kier alpha value is -2.30. The van der Waals surface area contributed by atoms with Crippen LogP contribution in [0.2, 0.25) is 0 Å². The first-order chi connectivity index (χ1) is 8.56. The second-order valence-corrected chi connectivity index (χ2v) is 3.92. The fourth-order valence-corrected chi connectivity index (χ4v) is 1.53. The standard InChI is InChI=1S/C13H12FNO3/c1-8-4-10(2-3-12(8)14)15-6-11-5-9(7-18-11)13(16)17/h2-5,7,15H,6H2,1H3,(H,16,17). The number of furan rings is 1. The van der Waals surface area contributed by atoms with Crippen LogP contribution < -0.4 is 5.32 Å². The number of carbonyl (C=O) groups is 1. The van der Waals surface area contributed by atoms with Crippen LogP contribution in [0.1, 0.15) is 21.7 Å². The van der Waals surface area contributed by atoms with Gasteiger partial charge in [0.05, 0.1) is 12.1 Å². The lowest BCUT2D eigenvalue weighted by atomic mass is 10.2. The Bertz CT molecular complexity index is 577. The number of benzene rings is 1. The summed E-state index contributed by atoms with van der Waals surface area (Å²) >= 11 is 0. The van der Waals surface area contributed by atoms with Gasteiger partial charge in [0.25, 0.3) is 0 Å².